The van der Waals surface area contributed by atoms with Crippen molar-refractivity contribution in [2.75, 3.05) is 7.11 Å². The second kappa shape index (κ2) is 5.81. The summed E-state index contributed by atoms with van der Waals surface area (Å²) in [7, 11) is -2.72. The number of rotatable bonds is 4. The first-order valence-electron chi connectivity index (χ1n) is 6.93. The van der Waals surface area contributed by atoms with Gasteiger partial charge in [-0.25, -0.2) is 12.7 Å². The third-order valence-corrected chi connectivity index (χ3v) is 5.96. The fraction of sp³-hybridized carbons (Fsp3) is 0.467. The van der Waals surface area contributed by atoms with E-state index < -0.39 is 27.6 Å². The first-order valence-corrected chi connectivity index (χ1v) is 8.37. The number of Topliss-reactive ketones (excluding diaryl/α,β-unsaturated/α-hetero) is 1. The molecule has 1 saturated heterocycles. The SMILES string of the molecule is CO[C@@H]1CC[C@@](C)(C(C)=O)C(=O)N1S(=O)(=O)c1ccccc1. The Morgan fingerprint density at radius 1 is 1.32 bits per heavy atom. The van der Waals surface area contributed by atoms with Gasteiger partial charge in [0.2, 0.25) is 0 Å². The number of hydrogen-bond acceptors (Lipinski definition) is 5. The van der Waals surface area contributed by atoms with Crippen LogP contribution < -0.4 is 0 Å². The Hall–Kier alpha value is -1.73. The van der Waals surface area contributed by atoms with Crippen LogP contribution >= 0.6 is 0 Å². The van der Waals surface area contributed by atoms with Gasteiger partial charge in [-0.15, -0.1) is 0 Å². The maximum absolute atomic E-state index is 12.8. The number of carbonyl (C=O) groups excluding carboxylic acids is 2. The van der Waals surface area contributed by atoms with Gasteiger partial charge in [0.05, 0.1) is 4.90 Å². The molecular weight excluding hydrogens is 306 g/mol. The van der Waals surface area contributed by atoms with Crippen molar-refractivity contribution >= 4 is 21.7 Å². The molecule has 1 aliphatic rings. The third kappa shape index (κ3) is 2.55. The third-order valence-electron chi connectivity index (χ3n) is 4.17. The standard InChI is InChI=1S/C15H19NO5S/c1-11(17)15(2)10-9-13(21-3)16(14(15)18)22(19,20)12-7-5-4-6-8-12/h4-8,13H,9-10H2,1-3H3/t13-,15+/m1/s1. The summed E-state index contributed by atoms with van der Waals surface area (Å²) in [6, 6.07) is 7.66. The number of nitrogens with zero attached hydrogens (tertiary/aromatic N) is 1. The monoisotopic (exact) mass is 325 g/mol. The van der Waals surface area contributed by atoms with Crippen LogP contribution in [0, 0.1) is 5.41 Å². The Bertz CT molecular complexity index is 685. The molecule has 0 N–H and O–H groups in total. The van der Waals surface area contributed by atoms with E-state index in [0.29, 0.717) is 4.31 Å². The number of carbonyl (C=O) groups is 2. The summed E-state index contributed by atoms with van der Waals surface area (Å²) in [5, 5.41) is 0. The number of amides is 1. The highest BCUT2D eigenvalue weighted by Gasteiger charge is 2.51. The Morgan fingerprint density at radius 3 is 2.41 bits per heavy atom. The van der Waals surface area contributed by atoms with Gasteiger partial charge in [-0.3, -0.25) is 9.59 Å². The van der Waals surface area contributed by atoms with Gasteiger partial charge >= 0.3 is 0 Å². The molecule has 0 aliphatic carbocycles. The molecule has 0 bridgehead atoms. The lowest BCUT2D eigenvalue weighted by Crippen LogP contribution is -2.57. The predicted molar refractivity (Wildman–Crippen MR) is 79.3 cm³/mol. The topological polar surface area (TPSA) is 80.8 Å². The number of hydrogen-bond donors (Lipinski definition) is 0. The molecule has 0 aromatic heterocycles. The highest BCUT2D eigenvalue weighted by molar-refractivity contribution is 7.89. The van der Waals surface area contributed by atoms with Crippen LogP contribution in [0.3, 0.4) is 0 Å². The van der Waals surface area contributed by atoms with E-state index in [2.05, 4.69) is 0 Å². The van der Waals surface area contributed by atoms with Gasteiger partial charge in [0.25, 0.3) is 15.9 Å². The number of ketones is 1. The van der Waals surface area contributed by atoms with Crippen molar-refractivity contribution in [1.82, 2.24) is 4.31 Å². The van der Waals surface area contributed by atoms with E-state index in [1.54, 1.807) is 18.2 Å². The zero-order valence-corrected chi connectivity index (χ0v) is 13.6. The number of methoxy groups -OCH3 is 1. The van der Waals surface area contributed by atoms with Gasteiger partial charge < -0.3 is 4.74 Å². The van der Waals surface area contributed by atoms with Crippen molar-refractivity contribution < 1.29 is 22.7 Å². The minimum atomic E-state index is -4.07. The fourth-order valence-corrected chi connectivity index (χ4v) is 4.17. The van der Waals surface area contributed by atoms with E-state index in [1.165, 1.54) is 33.1 Å². The maximum Gasteiger partial charge on any atom is 0.268 e. The lowest BCUT2D eigenvalue weighted by atomic mass is 9.78. The van der Waals surface area contributed by atoms with Crippen LogP contribution in [0.5, 0.6) is 0 Å². The molecule has 7 heteroatoms. The molecule has 1 heterocycles. The summed E-state index contributed by atoms with van der Waals surface area (Å²) < 4.78 is 31.5. The predicted octanol–water partition coefficient (Wildman–Crippen LogP) is 1.57. The second-order valence-corrected chi connectivity index (χ2v) is 7.35. The lowest BCUT2D eigenvalue weighted by Gasteiger charge is -2.41. The van der Waals surface area contributed by atoms with Crippen LogP contribution in [0.25, 0.3) is 0 Å². The van der Waals surface area contributed by atoms with Gasteiger partial charge in [0.1, 0.15) is 17.4 Å². The second-order valence-electron chi connectivity index (χ2n) is 5.54. The van der Waals surface area contributed by atoms with Crippen LogP contribution in [-0.2, 0) is 24.3 Å². The van der Waals surface area contributed by atoms with Crippen molar-refractivity contribution in [2.24, 2.45) is 5.41 Å². The molecule has 1 fully saturated rings. The molecule has 2 rings (SSSR count). The summed E-state index contributed by atoms with van der Waals surface area (Å²) in [6.07, 6.45) is -0.352. The first kappa shape index (κ1) is 16.6. The van der Waals surface area contributed by atoms with Crippen LogP contribution in [0.15, 0.2) is 35.2 Å². The van der Waals surface area contributed by atoms with Crippen LogP contribution in [-0.4, -0.2) is 37.8 Å². The molecule has 120 valence electrons. The molecule has 22 heavy (non-hydrogen) atoms. The van der Waals surface area contributed by atoms with Crippen LogP contribution in [0.4, 0.5) is 0 Å². The van der Waals surface area contributed by atoms with Gasteiger partial charge in [0, 0.05) is 7.11 Å². The van der Waals surface area contributed by atoms with Crippen molar-refractivity contribution in [3.63, 3.8) is 0 Å². The summed E-state index contributed by atoms with van der Waals surface area (Å²) >= 11 is 0. The molecule has 0 radical (unpaired) electrons. The van der Waals surface area contributed by atoms with Gasteiger partial charge in [0.15, 0.2) is 0 Å². The van der Waals surface area contributed by atoms with Gasteiger partial charge in [-0.2, -0.15) is 0 Å². The van der Waals surface area contributed by atoms with Crippen LogP contribution in [0.2, 0.25) is 0 Å². The number of sulfonamides is 1. The fourth-order valence-electron chi connectivity index (χ4n) is 2.52. The molecule has 1 aliphatic heterocycles. The highest BCUT2D eigenvalue weighted by Crippen LogP contribution is 2.38. The number of ether oxygens (including phenoxy) is 1. The summed E-state index contributed by atoms with van der Waals surface area (Å²) in [5.41, 5.74) is -1.34. The minimum absolute atomic E-state index is 0.00166. The van der Waals surface area contributed by atoms with E-state index in [-0.39, 0.29) is 23.5 Å². The molecule has 1 aromatic carbocycles. The van der Waals surface area contributed by atoms with Crippen LogP contribution in [0.1, 0.15) is 26.7 Å². The maximum atomic E-state index is 12.8. The average molecular weight is 325 g/mol. The molecule has 0 spiro atoms. The summed E-state index contributed by atoms with van der Waals surface area (Å²) in [4.78, 5) is 24.6. The summed E-state index contributed by atoms with van der Waals surface area (Å²) in [5.74, 6) is -1.08. The van der Waals surface area contributed by atoms with Crippen molar-refractivity contribution in [3.05, 3.63) is 30.3 Å². The Morgan fingerprint density at radius 2 is 1.91 bits per heavy atom. The molecule has 6 nitrogen and oxygen atoms in total. The van der Waals surface area contributed by atoms with Gasteiger partial charge in [-0.1, -0.05) is 18.2 Å². The van der Waals surface area contributed by atoms with E-state index in [1.807, 2.05) is 0 Å². The molecule has 2 atom stereocenters. The van der Waals surface area contributed by atoms with E-state index in [4.69, 9.17) is 4.74 Å². The molecule has 0 unspecified atom stereocenters. The number of piperidine rings is 1. The Kier molecular flexibility index (Phi) is 4.39. The van der Waals surface area contributed by atoms with Crippen molar-refractivity contribution in [2.45, 2.75) is 37.8 Å². The van der Waals surface area contributed by atoms with Crippen molar-refractivity contribution in [3.8, 4) is 0 Å². The Balaban J connectivity index is 2.53. The average Bonchev–Trinajstić information content (AvgIpc) is 2.50. The normalized spacial score (nSPS) is 26.0. The van der Waals surface area contributed by atoms with Crippen molar-refractivity contribution in [1.29, 1.82) is 0 Å². The smallest absolute Gasteiger partial charge is 0.268 e. The molecular formula is C15H19NO5S. The zero-order chi connectivity index (χ0) is 16.5. The quantitative estimate of drug-likeness (QED) is 0.785. The summed E-state index contributed by atoms with van der Waals surface area (Å²) in [6.45, 7) is 2.79. The lowest BCUT2D eigenvalue weighted by molar-refractivity contribution is -0.157. The number of benzene rings is 1. The molecule has 1 aromatic rings. The minimum Gasteiger partial charge on any atom is -0.360 e. The first-order chi connectivity index (χ1) is 10.2. The largest absolute Gasteiger partial charge is 0.360 e. The van der Waals surface area contributed by atoms with E-state index in [9.17, 15) is 18.0 Å². The highest BCUT2D eigenvalue weighted by atomic mass is 32.2. The Labute approximate surface area is 130 Å². The molecule has 0 saturated carbocycles. The zero-order valence-electron chi connectivity index (χ0n) is 12.8. The van der Waals surface area contributed by atoms with E-state index in [0.717, 1.165) is 0 Å². The van der Waals surface area contributed by atoms with Gasteiger partial charge in [-0.05, 0) is 38.8 Å². The molecule has 1 amide bonds. The van der Waals surface area contributed by atoms with E-state index >= 15 is 0 Å².